The van der Waals surface area contributed by atoms with E-state index in [2.05, 4.69) is 15.9 Å². The van der Waals surface area contributed by atoms with Gasteiger partial charge in [-0.25, -0.2) is 14.0 Å². The second-order valence-electron chi connectivity index (χ2n) is 6.23. The zero-order valence-corrected chi connectivity index (χ0v) is 17.9. The lowest BCUT2D eigenvalue weighted by atomic mass is 10.1. The molecule has 0 N–H and O–H groups in total. The maximum atomic E-state index is 14.9. The summed E-state index contributed by atoms with van der Waals surface area (Å²) in [6.07, 6.45) is 0. The van der Waals surface area contributed by atoms with Crippen LogP contribution in [-0.4, -0.2) is 39.5 Å². The molecule has 0 aromatic heterocycles. The van der Waals surface area contributed by atoms with Gasteiger partial charge in [-0.2, -0.15) is 0 Å². The van der Waals surface area contributed by atoms with Crippen molar-refractivity contribution in [3.05, 3.63) is 69.6 Å². The first-order valence-corrected chi connectivity index (χ1v) is 9.66. The van der Waals surface area contributed by atoms with Crippen LogP contribution in [0.2, 0.25) is 0 Å². The molecule has 0 saturated carbocycles. The van der Waals surface area contributed by atoms with Gasteiger partial charge < -0.3 is 23.8 Å². The average molecular weight is 480 g/mol. The van der Waals surface area contributed by atoms with Gasteiger partial charge in [0.15, 0.2) is 11.6 Å². The van der Waals surface area contributed by atoms with Crippen LogP contribution in [0, 0.1) is 5.82 Å². The number of carbonyl (C=O) groups is 2. The molecular weight excluding hydrogens is 461 g/mol. The highest BCUT2D eigenvalue weighted by Crippen LogP contribution is 2.36. The third-order valence-electron chi connectivity index (χ3n) is 4.35. The largest absolute Gasteiger partial charge is 0.485 e. The van der Waals surface area contributed by atoms with Crippen molar-refractivity contribution in [2.75, 3.05) is 32.5 Å². The molecule has 2 aromatic carbocycles. The van der Waals surface area contributed by atoms with Crippen LogP contribution in [0.25, 0.3) is 0 Å². The highest BCUT2D eigenvalue weighted by molar-refractivity contribution is 9.10. The fourth-order valence-electron chi connectivity index (χ4n) is 2.92. The summed E-state index contributed by atoms with van der Waals surface area (Å²) in [5.41, 5.74) is 1.07. The predicted molar refractivity (Wildman–Crippen MR) is 109 cm³/mol. The van der Waals surface area contributed by atoms with Crippen LogP contribution in [0.4, 0.5) is 10.1 Å². The summed E-state index contributed by atoms with van der Waals surface area (Å²) in [5, 5.41) is 0. The first kappa shape index (κ1) is 21.8. The van der Waals surface area contributed by atoms with Gasteiger partial charge in [-0.05, 0) is 27.6 Å². The Bertz CT molecular complexity index is 956. The van der Waals surface area contributed by atoms with Gasteiger partial charge in [0.2, 0.25) is 0 Å². The van der Waals surface area contributed by atoms with Crippen LogP contribution < -0.4 is 9.64 Å². The van der Waals surface area contributed by atoms with E-state index in [1.165, 1.54) is 25.2 Å². The molecule has 2 aromatic rings. The molecule has 30 heavy (non-hydrogen) atoms. The van der Waals surface area contributed by atoms with Crippen molar-refractivity contribution >= 4 is 33.6 Å². The van der Waals surface area contributed by atoms with Crippen molar-refractivity contribution in [2.24, 2.45) is 0 Å². The van der Waals surface area contributed by atoms with Crippen molar-refractivity contribution in [1.82, 2.24) is 0 Å². The topological polar surface area (TPSA) is 74.3 Å². The number of halogens is 2. The Morgan fingerprint density at radius 2 is 1.83 bits per heavy atom. The number of benzene rings is 2. The molecule has 158 valence electrons. The van der Waals surface area contributed by atoms with Crippen molar-refractivity contribution in [1.29, 1.82) is 0 Å². The highest BCUT2D eigenvalue weighted by atomic mass is 79.9. The van der Waals surface area contributed by atoms with E-state index in [1.54, 1.807) is 6.07 Å². The predicted octanol–water partition coefficient (Wildman–Crippen LogP) is 3.56. The van der Waals surface area contributed by atoms with E-state index in [-0.39, 0.29) is 42.7 Å². The van der Waals surface area contributed by atoms with Crippen molar-refractivity contribution in [3.8, 4) is 5.75 Å². The minimum absolute atomic E-state index is 0.0171. The second kappa shape index (κ2) is 9.73. The highest BCUT2D eigenvalue weighted by Gasteiger charge is 2.33. The zero-order chi connectivity index (χ0) is 21.7. The zero-order valence-electron chi connectivity index (χ0n) is 16.3. The van der Waals surface area contributed by atoms with Crippen molar-refractivity contribution in [2.45, 2.75) is 6.61 Å². The summed E-state index contributed by atoms with van der Waals surface area (Å²) in [7, 11) is 2.38. The summed E-state index contributed by atoms with van der Waals surface area (Å²) in [4.78, 5) is 25.8. The van der Waals surface area contributed by atoms with Gasteiger partial charge in [-0.3, -0.25) is 0 Å². The number of hydrogen-bond acceptors (Lipinski definition) is 7. The summed E-state index contributed by atoms with van der Waals surface area (Å²) in [5.74, 6) is -2.12. The van der Waals surface area contributed by atoms with E-state index < -0.39 is 17.8 Å². The average Bonchev–Trinajstić information content (AvgIpc) is 2.77. The van der Waals surface area contributed by atoms with Gasteiger partial charge in [-0.15, -0.1) is 0 Å². The number of esters is 2. The van der Waals surface area contributed by atoms with Crippen LogP contribution in [0.15, 0.2) is 58.2 Å². The first-order chi connectivity index (χ1) is 14.5. The number of carbonyl (C=O) groups excluding carboxylic acids is 2. The van der Waals surface area contributed by atoms with Crippen LogP contribution in [0.3, 0.4) is 0 Å². The molecule has 0 bridgehead atoms. The summed E-state index contributed by atoms with van der Waals surface area (Å²) >= 11 is 3.31. The minimum atomic E-state index is -0.764. The quantitative estimate of drug-likeness (QED) is 0.586. The van der Waals surface area contributed by atoms with Crippen LogP contribution in [0.5, 0.6) is 5.75 Å². The molecule has 9 heteroatoms. The van der Waals surface area contributed by atoms with E-state index in [0.717, 1.165) is 5.56 Å². The lowest BCUT2D eigenvalue weighted by molar-refractivity contribution is -0.140. The summed E-state index contributed by atoms with van der Waals surface area (Å²) < 4.78 is 35.7. The molecule has 0 saturated heterocycles. The number of anilines is 1. The standard InChI is InChI=1S/C21H19BrFNO6/c1-27-20(25)15-11-29-12-24(18(15)21(26)28-2)14-8-16(22)19(17(23)9-14)30-10-13-6-4-3-5-7-13/h3-9H,10-12H2,1-2H3. The maximum Gasteiger partial charge on any atom is 0.355 e. The van der Waals surface area contributed by atoms with Gasteiger partial charge in [0, 0.05) is 11.8 Å². The summed E-state index contributed by atoms with van der Waals surface area (Å²) in [6, 6.07) is 12.1. The molecular formula is C21H19BrFNO6. The normalized spacial score (nSPS) is 13.8. The monoisotopic (exact) mass is 479 g/mol. The fraction of sp³-hybridized carbons (Fsp3) is 0.238. The number of ether oxygens (including phenoxy) is 4. The third kappa shape index (κ3) is 4.63. The molecule has 1 heterocycles. The lowest BCUT2D eigenvalue weighted by Gasteiger charge is -2.31. The molecule has 0 aliphatic carbocycles. The molecule has 1 aliphatic heterocycles. The summed E-state index contributed by atoms with van der Waals surface area (Å²) in [6.45, 7) is -0.0289. The van der Waals surface area contributed by atoms with Gasteiger partial charge in [-0.1, -0.05) is 30.3 Å². The second-order valence-corrected chi connectivity index (χ2v) is 7.08. The lowest BCUT2D eigenvalue weighted by Crippen LogP contribution is -2.38. The maximum absolute atomic E-state index is 14.9. The number of methoxy groups -OCH3 is 2. The smallest absolute Gasteiger partial charge is 0.355 e. The van der Waals surface area contributed by atoms with Gasteiger partial charge in [0.05, 0.1) is 30.9 Å². The molecule has 0 unspecified atom stereocenters. The molecule has 7 nitrogen and oxygen atoms in total. The Morgan fingerprint density at radius 1 is 1.13 bits per heavy atom. The van der Waals surface area contributed by atoms with Crippen LogP contribution in [-0.2, 0) is 30.4 Å². The van der Waals surface area contributed by atoms with E-state index in [0.29, 0.717) is 4.47 Å². The number of nitrogens with zero attached hydrogens (tertiary/aromatic N) is 1. The SMILES string of the molecule is COC(=O)C1=C(C(=O)OC)N(c2cc(F)c(OCc3ccccc3)c(Br)c2)COC1. The molecule has 0 radical (unpaired) electrons. The Balaban J connectivity index is 1.94. The molecule has 0 atom stereocenters. The number of hydrogen-bond donors (Lipinski definition) is 0. The Hall–Kier alpha value is -2.91. The van der Waals surface area contributed by atoms with Crippen molar-refractivity contribution < 1.29 is 32.9 Å². The number of rotatable bonds is 6. The van der Waals surface area contributed by atoms with Gasteiger partial charge in [0.25, 0.3) is 0 Å². The van der Waals surface area contributed by atoms with Crippen LogP contribution >= 0.6 is 15.9 Å². The van der Waals surface area contributed by atoms with Crippen LogP contribution in [0.1, 0.15) is 5.56 Å². The third-order valence-corrected chi connectivity index (χ3v) is 4.94. The fourth-order valence-corrected chi connectivity index (χ4v) is 3.46. The van der Waals surface area contributed by atoms with E-state index in [1.807, 2.05) is 30.3 Å². The van der Waals surface area contributed by atoms with E-state index >= 15 is 0 Å². The molecule has 3 rings (SSSR count). The van der Waals surface area contributed by atoms with E-state index in [9.17, 15) is 14.0 Å². The molecule has 0 spiro atoms. The first-order valence-electron chi connectivity index (χ1n) is 8.87. The Labute approximate surface area is 181 Å². The minimum Gasteiger partial charge on any atom is -0.485 e. The van der Waals surface area contributed by atoms with Gasteiger partial charge in [0.1, 0.15) is 19.0 Å². The molecule has 0 fully saturated rings. The van der Waals surface area contributed by atoms with E-state index in [4.69, 9.17) is 18.9 Å². The Kier molecular flexibility index (Phi) is 7.07. The van der Waals surface area contributed by atoms with Gasteiger partial charge >= 0.3 is 11.9 Å². The Morgan fingerprint density at radius 3 is 2.47 bits per heavy atom. The molecule has 1 aliphatic rings. The van der Waals surface area contributed by atoms with Crippen molar-refractivity contribution in [3.63, 3.8) is 0 Å². The molecule has 0 amide bonds.